The third kappa shape index (κ3) is 5.09. The molecule has 43 heavy (non-hydrogen) atoms. The summed E-state index contributed by atoms with van der Waals surface area (Å²) in [4.78, 5) is 18.9. The Labute approximate surface area is 249 Å². The summed E-state index contributed by atoms with van der Waals surface area (Å²) >= 11 is 0. The molecule has 2 aliphatic rings. The Morgan fingerprint density at radius 2 is 1.74 bits per heavy atom. The van der Waals surface area contributed by atoms with Crippen LogP contribution >= 0.6 is 0 Å². The van der Waals surface area contributed by atoms with Crippen molar-refractivity contribution >= 4 is 32.6 Å². The van der Waals surface area contributed by atoms with Crippen LogP contribution in [-0.2, 0) is 15.4 Å². The fourth-order valence-electron chi connectivity index (χ4n) is 6.42. The fraction of sp³-hybridized carbons (Fsp3) is 0.323. The van der Waals surface area contributed by atoms with Gasteiger partial charge in [0.25, 0.3) is 0 Å². The van der Waals surface area contributed by atoms with Crippen molar-refractivity contribution in [3.63, 3.8) is 0 Å². The van der Waals surface area contributed by atoms with E-state index in [4.69, 9.17) is 9.47 Å². The molecule has 4 aromatic rings. The van der Waals surface area contributed by atoms with Crippen molar-refractivity contribution in [1.29, 1.82) is 0 Å². The molecule has 1 atom stereocenters. The Hall–Kier alpha value is -4.13. The summed E-state index contributed by atoms with van der Waals surface area (Å²) in [5.41, 5.74) is 2.30. The zero-order chi connectivity index (χ0) is 30.4. The maximum absolute atomic E-state index is 13.7. The number of anilines is 1. The van der Waals surface area contributed by atoms with E-state index in [9.17, 15) is 22.7 Å². The number of hydrogen-bond donors (Lipinski definition) is 3. The van der Waals surface area contributed by atoms with Crippen molar-refractivity contribution in [2.24, 2.45) is 0 Å². The number of benzene rings is 3. The minimum atomic E-state index is -3.79. The number of halogens is 1. The Morgan fingerprint density at radius 3 is 2.42 bits per heavy atom. The lowest BCUT2D eigenvalue weighted by Crippen LogP contribution is -2.56. The predicted molar refractivity (Wildman–Crippen MR) is 159 cm³/mol. The number of piperidine rings is 1. The number of aromatic amines is 1. The van der Waals surface area contributed by atoms with Gasteiger partial charge < -0.3 is 29.8 Å². The SMILES string of the molecule is COc1cccc(S(=O)(=O)N2CCC3(CC2)CN(C(=O)Nc2ccc(F)cc2)[C@H](CO)c2[nH]c4cc(OC)ccc4c23)c1. The summed E-state index contributed by atoms with van der Waals surface area (Å²) in [5, 5.41) is 14.3. The van der Waals surface area contributed by atoms with Crippen molar-refractivity contribution in [2.75, 3.05) is 45.8 Å². The Balaban J connectivity index is 1.38. The van der Waals surface area contributed by atoms with Gasteiger partial charge in [-0.1, -0.05) is 6.07 Å². The number of aromatic nitrogens is 1. The lowest BCUT2D eigenvalue weighted by Gasteiger charge is -2.49. The second kappa shape index (κ2) is 11.2. The smallest absolute Gasteiger partial charge is 0.322 e. The van der Waals surface area contributed by atoms with Gasteiger partial charge in [-0.25, -0.2) is 17.6 Å². The molecular formula is C31H33FN4O6S. The van der Waals surface area contributed by atoms with Crippen molar-refractivity contribution in [3.8, 4) is 11.5 Å². The molecule has 12 heteroatoms. The molecule has 2 amide bonds. The van der Waals surface area contributed by atoms with Gasteiger partial charge in [0.2, 0.25) is 10.0 Å². The number of urea groups is 1. The van der Waals surface area contributed by atoms with Crippen LogP contribution in [0.15, 0.2) is 71.6 Å². The van der Waals surface area contributed by atoms with Gasteiger partial charge in [-0.2, -0.15) is 4.31 Å². The highest BCUT2D eigenvalue weighted by Crippen LogP contribution is 2.49. The topological polar surface area (TPSA) is 124 Å². The Morgan fingerprint density at radius 1 is 1.05 bits per heavy atom. The van der Waals surface area contributed by atoms with Gasteiger partial charge in [-0.15, -0.1) is 0 Å². The van der Waals surface area contributed by atoms with Crippen LogP contribution in [0.5, 0.6) is 11.5 Å². The number of nitrogens with one attached hydrogen (secondary N) is 2. The predicted octanol–water partition coefficient (Wildman–Crippen LogP) is 4.63. The monoisotopic (exact) mass is 608 g/mol. The first-order valence-corrected chi connectivity index (χ1v) is 15.4. The molecule has 226 valence electrons. The van der Waals surface area contributed by atoms with E-state index in [1.807, 2.05) is 18.2 Å². The molecule has 2 aliphatic heterocycles. The van der Waals surface area contributed by atoms with Gasteiger partial charge in [0, 0.05) is 59.5 Å². The van der Waals surface area contributed by atoms with Crippen LogP contribution < -0.4 is 14.8 Å². The molecule has 1 aromatic heterocycles. The summed E-state index contributed by atoms with van der Waals surface area (Å²) in [6, 6.07) is 16.5. The highest BCUT2D eigenvalue weighted by atomic mass is 32.2. The van der Waals surface area contributed by atoms with Crippen LogP contribution in [-0.4, -0.2) is 74.2 Å². The minimum Gasteiger partial charge on any atom is -0.497 e. The van der Waals surface area contributed by atoms with E-state index in [0.29, 0.717) is 35.7 Å². The lowest BCUT2D eigenvalue weighted by molar-refractivity contribution is 0.0860. The van der Waals surface area contributed by atoms with Gasteiger partial charge in [-0.3, -0.25) is 0 Å². The van der Waals surface area contributed by atoms with E-state index in [0.717, 1.165) is 16.5 Å². The van der Waals surface area contributed by atoms with E-state index >= 15 is 0 Å². The van der Waals surface area contributed by atoms with E-state index in [1.54, 1.807) is 30.2 Å². The summed E-state index contributed by atoms with van der Waals surface area (Å²) in [7, 11) is -0.713. The summed E-state index contributed by atoms with van der Waals surface area (Å²) in [5.74, 6) is 0.696. The molecule has 6 rings (SSSR count). The van der Waals surface area contributed by atoms with Gasteiger partial charge >= 0.3 is 6.03 Å². The zero-order valence-corrected chi connectivity index (χ0v) is 24.7. The van der Waals surface area contributed by atoms with E-state index in [1.165, 1.54) is 41.7 Å². The first-order valence-electron chi connectivity index (χ1n) is 14.0. The van der Waals surface area contributed by atoms with Crippen molar-refractivity contribution < 1.29 is 32.2 Å². The van der Waals surface area contributed by atoms with Crippen LogP contribution in [0.4, 0.5) is 14.9 Å². The van der Waals surface area contributed by atoms with Crippen LogP contribution in [0.25, 0.3) is 10.9 Å². The van der Waals surface area contributed by atoms with Crippen LogP contribution in [0.3, 0.4) is 0 Å². The standard InChI is InChI=1S/C31H33FN4O6S/c1-41-22-4-3-5-24(16-22)43(39,40)35-14-12-31(13-15-35)19-36(30(38)33-21-8-6-20(32)7-9-21)27(18-37)29-28(31)25-11-10-23(42-2)17-26(25)34-29/h3-11,16-17,27,34,37H,12-15,18-19H2,1-2H3,(H,33,38)/t27-/m1/s1. The molecule has 1 fully saturated rings. The minimum absolute atomic E-state index is 0.159. The highest BCUT2D eigenvalue weighted by Gasteiger charge is 2.50. The number of methoxy groups -OCH3 is 2. The number of aliphatic hydroxyl groups excluding tert-OH is 1. The van der Waals surface area contributed by atoms with Gasteiger partial charge in [-0.05, 0) is 66.9 Å². The van der Waals surface area contributed by atoms with Crippen molar-refractivity contribution in [3.05, 3.63) is 83.8 Å². The van der Waals surface area contributed by atoms with E-state index < -0.39 is 33.3 Å². The number of hydrogen-bond acceptors (Lipinski definition) is 6. The third-order valence-electron chi connectivity index (χ3n) is 8.64. The molecule has 1 saturated heterocycles. The number of amides is 2. The van der Waals surface area contributed by atoms with Crippen molar-refractivity contribution in [1.82, 2.24) is 14.2 Å². The van der Waals surface area contributed by atoms with Crippen LogP contribution in [0.2, 0.25) is 0 Å². The molecular weight excluding hydrogens is 575 g/mol. The number of fused-ring (bicyclic) bond motifs is 4. The molecule has 0 aliphatic carbocycles. The lowest BCUT2D eigenvalue weighted by atomic mass is 9.68. The molecule has 3 heterocycles. The number of carbonyl (C=O) groups is 1. The molecule has 0 bridgehead atoms. The average Bonchev–Trinajstić information content (AvgIpc) is 3.42. The first-order chi connectivity index (χ1) is 20.7. The normalized spacial score (nSPS) is 18.4. The molecule has 1 spiro atoms. The number of rotatable bonds is 6. The van der Waals surface area contributed by atoms with E-state index in [-0.39, 0.29) is 31.1 Å². The van der Waals surface area contributed by atoms with Crippen molar-refractivity contribution in [2.45, 2.75) is 29.2 Å². The maximum Gasteiger partial charge on any atom is 0.322 e. The highest BCUT2D eigenvalue weighted by molar-refractivity contribution is 7.89. The number of carbonyl (C=O) groups excluding carboxylic acids is 1. The van der Waals surface area contributed by atoms with Gasteiger partial charge in [0.05, 0.1) is 31.8 Å². The number of ether oxygens (including phenoxy) is 2. The molecule has 3 N–H and O–H groups in total. The maximum atomic E-state index is 13.7. The molecule has 0 unspecified atom stereocenters. The van der Waals surface area contributed by atoms with E-state index in [2.05, 4.69) is 10.3 Å². The summed E-state index contributed by atoms with van der Waals surface area (Å²) < 4.78 is 52.9. The number of nitrogens with zero attached hydrogens (tertiary/aromatic N) is 2. The summed E-state index contributed by atoms with van der Waals surface area (Å²) in [6.07, 6.45) is 0.890. The fourth-order valence-corrected chi connectivity index (χ4v) is 7.90. The Kier molecular flexibility index (Phi) is 7.53. The number of sulfonamides is 1. The first kappa shape index (κ1) is 29.0. The number of aliphatic hydroxyl groups is 1. The average molecular weight is 609 g/mol. The Bertz CT molecular complexity index is 1770. The molecule has 10 nitrogen and oxygen atoms in total. The molecule has 0 radical (unpaired) electrons. The molecule has 3 aromatic carbocycles. The molecule has 0 saturated carbocycles. The van der Waals surface area contributed by atoms with Gasteiger partial charge in [0.1, 0.15) is 17.3 Å². The van der Waals surface area contributed by atoms with Gasteiger partial charge in [0.15, 0.2) is 0 Å². The second-order valence-corrected chi connectivity index (χ2v) is 12.9. The quantitative estimate of drug-likeness (QED) is 0.293. The second-order valence-electron chi connectivity index (χ2n) is 11.0. The number of H-pyrrole nitrogens is 1. The largest absolute Gasteiger partial charge is 0.497 e. The van der Waals surface area contributed by atoms with Crippen LogP contribution in [0.1, 0.15) is 30.1 Å². The summed E-state index contributed by atoms with van der Waals surface area (Å²) in [6.45, 7) is 0.391. The third-order valence-corrected chi connectivity index (χ3v) is 10.5. The zero-order valence-electron chi connectivity index (χ0n) is 23.8. The van der Waals surface area contributed by atoms with Crippen LogP contribution in [0, 0.1) is 5.82 Å².